The van der Waals surface area contributed by atoms with E-state index in [1.165, 1.54) is 0 Å². The minimum Gasteiger partial charge on any atom is -0.0125 e. The molecule has 6 radical (unpaired) electrons. The van der Waals surface area contributed by atoms with Crippen molar-refractivity contribution >= 4 is 62.9 Å². The number of hydrogen-bond acceptors (Lipinski definition) is 0. The largest absolute Gasteiger partial charge is 0.0125 e. The normalized spacial score (nSPS) is 0. The summed E-state index contributed by atoms with van der Waals surface area (Å²) in [5, 5.41) is 0. The van der Waals surface area contributed by atoms with Gasteiger partial charge in [-0.2, -0.15) is 0 Å². The van der Waals surface area contributed by atoms with E-state index < -0.39 is 0 Å². The molecule has 0 aliphatic rings. The van der Waals surface area contributed by atoms with Crippen molar-refractivity contribution in [1.29, 1.82) is 0 Å². The topological polar surface area (TPSA) is 0 Å². The first-order valence-corrected chi connectivity index (χ1v) is 0. The third-order valence-electron chi connectivity index (χ3n) is 0. The molecule has 0 aromatic rings. The summed E-state index contributed by atoms with van der Waals surface area (Å²) < 4.78 is 0. The Kier molecular flexibility index (Phi) is 361. The second kappa shape index (κ2) is 33.2. The van der Waals surface area contributed by atoms with Gasteiger partial charge in [-0.3, -0.25) is 0 Å². The SMILES string of the molecule is [AlH].[B].[BiH3].[SiH3].[Zn]. The summed E-state index contributed by atoms with van der Waals surface area (Å²) in [6, 6.07) is 0. The predicted octanol–water partition coefficient (Wildman–Crippen LogP) is -3.40. The minimum absolute atomic E-state index is 0. The van der Waals surface area contributed by atoms with E-state index in [2.05, 4.69) is 0 Å². The van der Waals surface area contributed by atoms with E-state index in [9.17, 15) is 0 Å². The molecular formula is H7AlBBiSiZn. The summed E-state index contributed by atoms with van der Waals surface area (Å²) in [6.07, 6.45) is 0. The summed E-state index contributed by atoms with van der Waals surface area (Å²) in [7, 11) is 0. The van der Waals surface area contributed by atoms with Crippen LogP contribution in [-0.2, 0) is 19.5 Å². The van der Waals surface area contributed by atoms with Crippen LogP contribution in [0.5, 0.6) is 0 Å². The molecule has 0 fully saturated rings. The molecule has 0 rings (SSSR count). The second-order valence-corrected chi connectivity index (χ2v) is 0. The predicted molar refractivity (Wildman–Crippen MR) is 32.8 cm³/mol. The Morgan fingerprint density at radius 1 is 1.00 bits per heavy atom. The van der Waals surface area contributed by atoms with Gasteiger partial charge in [-0.05, 0) is 11.0 Å². The van der Waals surface area contributed by atoms with Gasteiger partial charge in [0.2, 0.25) is 0 Å². The van der Waals surface area contributed by atoms with Crippen molar-refractivity contribution in [2.45, 2.75) is 0 Å². The Hall–Kier alpha value is 2.32. The molecule has 0 saturated heterocycles. The molecular weight excluding hydrogens is 340 g/mol. The molecule has 0 bridgehead atoms. The molecule has 0 atom stereocenters. The van der Waals surface area contributed by atoms with E-state index in [4.69, 9.17) is 0 Å². The average molecular weight is 347 g/mol. The molecule has 0 heterocycles. The van der Waals surface area contributed by atoms with Crippen LogP contribution in [0.15, 0.2) is 0 Å². The Morgan fingerprint density at radius 2 is 1.00 bits per heavy atom. The van der Waals surface area contributed by atoms with Crippen LogP contribution >= 0.6 is 0 Å². The first-order chi connectivity index (χ1) is 0. The summed E-state index contributed by atoms with van der Waals surface area (Å²) in [6.45, 7) is 0. The third-order valence-corrected chi connectivity index (χ3v) is 0. The van der Waals surface area contributed by atoms with Crippen molar-refractivity contribution in [2.24, 2.45) is 0 Å². The van der Waals surface area contributed by atoms with Crippen LogP contribution in [-0.4, -0.2) is 62.9 Å². The maximum absolute atomic E-state index is 0. The summed E-state index contributed by atoms with van der Waals surface area (Å²) in [5.74, 6) is 0. The zero-order valence-electron chi connectivity index (χ0n) is 3.70. The zero-order chi connectivity index (χ0) is 0. The van der Waals surface area contributed by atoms with Crippen LogP contribution in [0.3, 0.4) is 0 Å². The van der Waals surface area contributed by atoms with Gasteiger partial charge >= 0.3 is 26.2 Å². The summed E-state index contributed by atoms with van der Waals surface area (Å²) in [5.41, 5.74) is 0. The maximum Gasteiger partial charge on any atom is 0 e. The van der Waals surface area contributed by atoms with Crippen LogP contribution in [0.4, 0.5) is 0 Å². The monoisotopic (exact) mass is 346 g/mol. The van der Waals surface area contributed by atoms with Gasteiger partial charge in [0.05, 0.1) is 17.4 Å². The van der Waals surface area contributed by atoms with E-state index in [0.29, 0.717) is 0 Å². The minimum atomic E-state index is 0. The molecule has 0 saturated carbocycles. The standard InChI is InChI=1S/Al.B.Bi.H3Si.Zn.4H/h;;;1H3;;;;;. The molecule has 0 spiro atoms. The van der Waals surface area contributed by atoms with E-state index >= 15 is 0 Å². The van der Waals surface area contributed by atoms with Crippen molar-refractivity contribution in [3.05, 3.63) is 0 Å². The quantitative estimate of drug-likeness (QED) is 0.401. The van der Waals surface area contributed by atoms with E-state index in [-0.39, 0.29) is 82.4 Å². The average Bonchev–Trinajstić information content (AvgIpc) is 0. The first kappa shape index (κ1) is 54.3. The van der Waals surface area contributed by atoms with Gasteiger partial charge in [0, 0.05) is 27.9 Å². The van der Waals surface area contributed by atoms with Gasteiger partial charge in [-0.15, -0.1) is 0 Å². The molecule has 0 nitrogen and oxygen atoms in total. The number of rotatable bonds is 0. The smallest absolute Gasteiger partial charge is 0 e. The van der Waals surface area contributed by atoms with Crippen LogP contribution in [0.2, 0.25) is 0 Å². The Balaban J connectivity index is 0. The van der Waals surface area contributed by atoms with E-state index in [1.54, 1.807) is 0 Å². The Bertz CT molecular complexity index is 11.6. The van der Waals surface area contributed by atoms with Crippen LogP contribution in [0.1, 0.15) is 0 Å². The fourth-order valence-electron chi connectivity index (χ4n) is 0. The van der Waals surface area contributed by atoms with Crippen molar-refractivity contribution in [2.75, 3.05) is 0 Å². The molecule has 0 unspecified atom stereocenters. The molecule has 0 amide bonds. The van der Waals surface area contributed by atoms with Crippen molar-refractivity contribution < 1.29 is 19.5 Å². The Morgan fingerprint density at radius 3 is 1.00 bits per heavy atom. The Labute approximate surface area is 81.5 Å². The van der Waals surface area contributed by atoms with Gasteiger partial charge in [-0.25, -0.2) is 0 Å². The van der Waals surface area contributed by atoms with E-state index in [0.717, 1.165) is 0 Å². The molecule has 0 aromatic carbocycles. The number of hydrogen-bond donors (Lipinski definition) is 0. The molecule has 0 aliphatic heterocycles. The van der Waals surface area contributed by atoms with Crippen LogP contribution < -0.4 is 0 Å². The van der Waals surface area contributed by atoms with Gasteiger partial charge in [0.15, 0.2) is 0 Å². The van der Waals surface area contributed by atoms with Crippen LogP contribution in [0.25, 0.3) is 0 Å². The molecule has 5 heavy (non-hydrogen) atoms. The maximum atomic E-state index is 0. The molecule has 5 heteroatoms. The van der Waals surface area contributed by atoms with Gasteiger partial charge in [0.1, 0.15) is 0 Å². The van der Waals surface area contributed by atoms with Crippen molar-refractivity contribution in [3.63, 3.8) is 0 Å². The van der Waals surface area contributed by atoms with Crippen molar-refractivity contribution in [3.8, 4) is 0 Å². The fraction of sp³-hybridized carbons (Fsp3) is 0. The molecule has 24 valence electrons. The molecule has 0 aromatic heterocycles. The zero-order valence-corrected chi connectivity index (χ0v) is 15.6. The summed E-state index contributed by atoms with van der Waals surface area (Å²) in [4.78, 5) is 0. The second-order valence-electron chi connectivity index (χ2n) is 0. The third kappa shape index (κ3) is 21.9. The molecule has 0 aliphatic carbocycles. The van der Waals surface area contributed by atoms with Crippen molar-refractivity contribution in [1.82, 2.24) is 0 Å². The molecule has 0 N–H and O–H groups in total. The van der Waals surface area contributed by atoms with Gasteiger partial charge in [-0.1, -0.05) is 0 Å². The van der Waals surface area contributed by atoms with Crippen LogP contribution in [0, 0.1) is 0 Å². The van der Waals surface area contributed by atoms with Gasteiger partial charge in [0.25, 0.3) is 0 Å². The fourth-order valence-corrected chi connectivity index (χ4v) is 0. The van der Waals surface area contributed by atoms with E-state index in [1.807, 2.05) is 0 Å². The summed E-state index contributed by atoms with van der Waals surface area (Å²) >= 11 is 0. The first-order valence-electron chi connectivity index (χ1n) is 0. The van der Waals surface area contributed by atoms with Gasteiger partial charge < -0.3 is 0 Å².